The number of para-hydroxylation sites is 1. The van der Waals surface area contributed by atoms with Crippen LogP contribution >= 0.6 is 0 Å². The second kappa shape index (κ2) is 8.72. The molecule has 31 heavy (non-hydrogen) atoms. The van der Waals surface area contributed by atoms with E-state index in [1.54, 1.807) is 24.3 Å². The van der Waals surface area contributed by atoms with E-state index in [2.05, 4.69) is 25.5 Å². The van der Waals surface area contributed by atoms with E-state index < -0.39 is 12.5 Å². The normalized spacial score (nSPS) is 15.6. The van der Waals surface area contributed by atoms with Crippen LogP contribution in [0.15, 0.2) is 48.5 Å². The van der Waals surface area contributed by atoms with Crippen molar-refractivity contribution in [1.29, 1.82) is 0 Å². The maximum Gasteiger partial charge on any atom is 0.573 e. The number of benzene rings is 2. The van der Waals surface area contributed by atoms with E-state index in [-0.39, 0.29) is 5.75 Å². The quantitative estimate of drug-likeness (QED) is 0.569. The van der Waals surface area contributed by atoms with E-state index in [0.29, 0.717) is 22.8 Å². The van der Waals surface area contributed by atoms with Crippen LogP contribution in [0, 0.1) is 0 Å². The number of aromatic nitrogens is 4. The highest BCUT2D eigenvalue weighted by atomic mass is 19.4. The molecule has 0 aliphatic carbocycles. The van der Waals surface area contributed by atoms with E-state index in [4.69, 9.17) is 0 Å². The Hall–Kier alpha value is -3.47. The first-order valence-corrected chi connectivity index (χ1v) is 9.64. The molecule has 0 amide bonds. The highest BCUT2D eigenvalue weighted by molar-refractivity contribution is 5.77. The zero-order valence-electron chi connectivity index (χ0n) is 16.3. The molecule has 2 heterocycles. The molecule has 0 bridgehead atoms. The summed E-state index contributed by atoms with van der Waals surface area (Å²) < 4.78 is 40.9. The summed E-state index contributed by atoms with van der Waals surface area (Å²) in [6, 6.07) is 12.6. The largest absolute Gasteiger partial charge is 0.573 e. The molecule has 2 aromatic carbocycles. The summed E-state index contributed by atoms with van der Waals surface area (Å²) in [5.41, 5.74) is 1.82. The van der Waals surface area contributed by atoms with Gasteiger partial charge in [-0.05, 0) is 54.5 Å². The summed E-state index contributed by atoms with van der Waals surface area (Å²) in [5, 5.41) is 15.7. The molecule has 162 valence electrons. The molecule has 1 N–H and O–H groups in total. The number of alkyl halides is 3. The Labute approximate surface area is 175 Å². The monoisotopic (exact) mass is 432 g/mol. The predicted molar refractivity (Wildman–Crippen MR) is 106 cm³/mol. The number of carbonyl (C=O) groups excluding carboxylic acids is 1. The van der Waals surface area contributed by atoms with Crippen molar-refractivity contribution in [1.82, 2.24) is 25.1 Å². The second-order valence-electron chi connectivity index (χ2n) is 6.97. The number of likely N-dealkylation sites (tertiary alicyclic amines) is 1. The Morgan fingerprint density at radius 2 is 1.77 bits per heavy atom. The average Bonchev–Trinajstić information content (AvgIpc) is 3.43. The van der Waals surface area contributed by atoms with Crippen molar-refractivity contribution in [3.05, 3.63) is 48.5 Å². The minimum absolute atomic E-state index is 0.308. The maximum absolute atomic E-state index is 12.3. The minimum Gasteiger partial charge on any atom is -0.406 e. The number of carbonyl (C=O) groups is 1. The molecule has 0 unspecified atom stereocenters. The maximum atomic E-state index is 12.3. The van der Waals surface area contributed by atoms with Crippen molar-refractivity contribution >= 4 is 17.7 Å². The van der Waals surface area contributed by atoms with E-state index in [9.17, 15) is 18.0 Å². The van der Waals surface area contributed by atoms with Gasteiger partial charge in [-0.3, -0.25) is 9.69 Å². The van der Waals surface area contributed by atoms with Gasteiger partial charge in [-0.2, -0.15) is 0 Å². The van der Waals surface area contributed by atoms with E-state index in [1.807, 2.05) is 4.90 Å². The van der Waals surface area contributed by atoms with Crippen LogP contribution in [0.1, 0.15) is 19.0 Å². The molecule has 3 aromatic rings. The Balaban J connectivity index is 1.54. The lowest BCUT2D eigenvalue weighted by molar-refractivity contribution is -0.274. The van der Waals surface area contributed by atoms with Crippen LogP contribution in [-0.2, 0) is 4.79 Å². The molecule has 11 heteroatoms. The van der Waals surface area contributed by atoms with Crippen LogP contribution in [0.4, 0.5) is 24.5 Å². The molecule has 1 aliphatic heterocycles. The fraction of sp³-hybridized carbons (Fsp3) is 0.300. The summed E-state index contributed by atoms with van der Waals surface area (Å²) >= 11 is 0. The molecule has 0 radical (unpaired) electrons. The second-order valence-corrected chi connectivity index (χ2v) is 6.97. The van der Waals surface area contributed by atoms with Crippen LogP contribution in [0.5, 0.6) is 5.75 Å². The molecule has 4 rings (SSSR count). The zero-order chi connectivity index (χ0) is 21.8. The van der Waals surface area contributed by atoms with Crippen LogP contribution in [0.25, 0.3) is 11.4 Å². The summed E-state index contributed by atoms with van der Waals surface area (Å²) in [7, 11) is 0. The Kier molecular flexibility index (Phi) is 5.85. The number of ether oxygens (including phenoxy) is 1. The predicted octanol–water partition coefficient (Wildman–Crippen LogP) is 3.78. The number of aldehydes is 1. The Morgan fingerprint density at radius 3 is 2.45 bits per heavy atom. The number of tetrazole rings is 1. The van der Waals surface area contributed by atoms with Gasteiger partial charge < -0.3 is 10.1 Å². The highest BCUT2D eigenvalue weighted by Gasteiger charge is 2.31. The van der Waals surface area contributed by atoms with Gasteiger partial charge in [0.1, 0.15) is 5.75 Å². The van der Waals surface area contributed by atoms with Gasteiger partial charge in [0.15, 0.2) is 12.5 Å². The van der Waals surface area contributed by atoms with Crippen molar-refractivity contribution in [2.45, 2.75) is 25.4 Å². The van der Waals surface area contributed by atoms with Gasteiger partial charge in [0.05, 0.1) is 0 Å². The third-order valence-electron chi connectivity index (χ3n) is 4.84. The Morgan fingerprint density at radius 1 is 1.06 bits per heavy atom. The molecular weight excluding hydrogens is 413 g/mol. The minimum atomic E-state index is -4.74. The standard InChI is InChI=1S/C20H19F3N6O2/c21-20(22,23)31-15-9-7-14(8-10-15)24-17-6-2-1-5-16(17)19-25-27-29(26-19)18(13-30)28-11-3-4-12-28/h1-2,5-10,13,18,24H,3-4,11-12H2/t18-/m0/s1. The first kappa shape index (κ1) is 20.8. The van der Waals surface area contributed by atoms with Crippen molar-refractivity contribution < 1.29 is 22.7 Å². The number of hydrogen-bond donors (Lipinski definition) is 1. The van der Waals surface area contributed by atoms with Gasteiger partial charge in [-0.25, -0.2) is 0 Å². The van der Waals surface area contributed by atoms with Crippen LogP contribution in [-0.4, -0.2) is 50.8 Å². The highest BCUT2D eigenvalue weighted by Crippen LogP contribution is 2.30. The Bertz CT molecular complexity index is 1030. The number of anilines is 2. The molecule has 1 saturated heterocycles. The van der Waals surface area contributed by atoms with Crippen molar-refractivity contribution in [3.8, 4) is 17.1 Å². The fourth-order valence-corrected chi connectivity index (χ4v) is 3.42. The van der Waals surface area contributed by atoms with E-state index in [0.717, 1.165) is 32.2 Å². The van der Waals surface area contributed by atoms with Crippen LogP contribution < -0.4 is 10.1 Å². The van der Waals surface area contributed by atoms with Crippen molar-refractivity contribution in [2.75, 3.05) is 18.4 Å². The van der Waals surface area contributed by atoms with Gasteiger partial charge in [0.25, 0.3) is 0 Å². The molecule has 0 saturated carbocycles. The van der Waals surface area contributed by atoms with Gasteiger partial charge in [0.2, 0.25) is 5.82 Å². The summed E-state index contributed by atoms with van der Waals surface area (Å²) in [5.74, 6) is 0.0175. The number of hydrogen-bond acceptors (Lipinski definition) is 7. The number of nitrogens with one attached hydrogen (secondary N) is 1. The summed E-state index contributed by atoms with van der Waals surface area (Å²) in [4.78, 5) is 14.9. The summed E-state index contributed by atoms with van der Waals surface area (Å²) in [6.07, 6.45) is -2.51. The molecule has 1 fully saturated rings. The van der Waals surface area contributed by atoms with Crippen molar-refractivity contribution in [3.63, 3.8) is 0 Å². The first-order valence-electron chi connectivity index (χ1n) is 9.64. The fourth-order valence-electron chi connectivity index (χ4n) is 3.42. The third kappa shape index (κ3) is 5.00. The lowest BCUT2D eigenvalue weighted by Gasteiger charge is -2.20. The number of rotatable bonds is 7. The SMILES string of the molecule is O=C[C@@H](N1CCCC1)n1nnc(-c2ccccc2Nc2ccc(OC(F)(F)F)cc2)n1. The van der Waals surface area contributed by atoms with Crippen LogP contribution in [0.3, 0.4) is 0 Å². The molecule has 0 spiro atoms. The van der Waals surface area contributed by atoms with Crippen LogP contribution in [0.2, 0.25) is 0 Å². The summed E-state index contributed by atoms with van der Waals surface area (Å²) in [6.45, 7) is 1.60. The smallest absolute Gasteiger partial charge is 0.406 e. The number of nitrogens with zero attached hydrogens (tertiary/aromatic N) is 5. The lowest BCUT2D eigenvalue weighted by Crippen LogP contribution is -2.32. The van der Waals surface area contributed by atoms with Gasteiger partial charge in [-0.1, -0.05) is 12.1 Å². The molecule has 1 atom stereocenters. The average molecular weight is 432 g/mol. The third-order valence-corrected chi connectivity index (χ3v) is 4.84. The van der Waals surface area contributed by atoms with Crippen molar-refractivity contribution in [2.24, 2.45) is 0 Å². The van der Waals surface area contributed by atoms with E-state index >= 15 is 0 Å². The van der Waals surface area contributed by atoms with Gasteiger partial charge >= 0.3 is 6.36 Å². The van der Waals surface area contributed by atoms with E-state index in [1.165, 1.54) is 29.1 Å². The van der Waals surface area contributed by atoms with Gasteiger partial charge in [-0.15, -0.1) is 28.2 Å². The lowest BCUT2D eigenvalue weighted by atomic mass is 10.1. The molecule has 1 aromatic heterocycles. The molecular formula is C20H19F3N6O2. The zero-order valence-corrected chi connectivity index (χ0v) is 16.3. The molecule has 1 aliphatic rings. The number of halogens is 3. The first-order chi connectivity index (χ1) is 14.9. The van der Waals surface area contributed by atoms with Gasteiger partial charge in [0, 0.05) is 30.0 Å². The topological polar surface area (TPSA) is 85.2 Å². The molecule has 8 nitrogen and oxygen atoms in total.